The van der Waals surface area contributed by atoms with Gasteiger partial charge in [-0.2, -0.15) is 5.10 Å². The highest BCUT2D eigenvalue weighted by Crippen LogP contribution is 2.19. The van der Waals surface area contributed by atoms with Crippen LogP contribution in [-0.2, 0) is 7.05 Å². The summed E-state index contributed by atoms with van der Waals surface area (Å²) in [5.41, 5.74) is 1.71. The zero-order chi connectivity index (χ0) is 13.9. The minimum Gasteiger partial charge on any atom is -0.319 e. The van der Waals surface area contributed by atoms with Crippen molar-refractivity contribution in [3.05, 3.63) is 54.6 Å². The first-order valence-electron chi connectivity index (χ1n) is 6.01. The Kier molecular flexibility index (Phi) is 3.00. The van der Waals surface area contributed by atoms with Crippen LogP contribution < -0.4 is 5.32 Å². The SMILES string of the molecule is Cn1cc(C(=O)Nc2ccccc2-n2cccn2)nn1. The van der Waals surface area contributed by atoms with E-state index >= 15 is 0 Å². The summed E-state index contributed by atoms with van der Waals surface area (Å²) >= 11 is 0. The minimum atomic E-state index is -0.308. The molecule has 3 rings (SSSR count). The summed E-state index contributed by atoms with van der Waals surface area (Å²) < 4.78 is 3.17. The van der Waals surface area contributed by atoms with E-state index in [1.54, 1.807) is 24.1 Å². The zero-order valence-corrected chi connectivity index (χ0v) is 10.8. The van der Waals surface area contributed by atoms with Crippen molar-refractivity contribution in [3.63, 3.8) is 0 Å². The van der Waals surface area contributed by atoms with E-state index in [2.05, 4.69) is 20.7 Å². The molecule has 1 aromatic carbocycles. The number of carbonyl (C=O) groups is 1. The maximum Gasteiger partial charge on any atom is 0.277 e. The van der Waals surface area contributed by atoms with Gasteiger partial charge in [0.1, 0.15) is 0 Å². The third-order valence-corrected chi connectivity index (χ3v) is 2.74. The summed E-state index contributed by atoms with van der Waals surface area (Å²) in [5, 5.41) is 14.5. The number of amides is 1. The third-order valence-electron chi connectivity index (χ3n) is 2.74. The smallest absolute Gasteiger partial charge is 0.277 e. The molecule has 0 aliphatic rings. The Morgan fingerprint density at radius 1 is 1.25 bits per heavy atom. The number of rotatable bonds is 3. The number of para-hydroxylation sites is 2. The molecule has 20 heavy (non-hydrogen) atoms. The molecule has 7 heteroatoms. The normalized spacial score (nSPS) is 10.4. The summed E-state index contributed by atoms with van der Waals surface area (Å²) in [7, 11) is 1.71. The Morgan fingerprint density at radius 3 is 2.80 bits per heavy atom. The van der Waals surface area contributed by atoms with Gasteiger partial charge in [0.15, 0.2) is 5.69 Å². The Labute approximate surface area is 114 Å². The predicted molar refractivity (Wildman–Crippen MR) is 72.5 cm³/mol. The topological polar surface area (TPSA) is 77.6 Å². The van der Waals surface area contributed by atoms with Gasteiger partial charge in [0, 0.05) is 19.4 Å². The van der Waals surface area contributed by atoms with Crippen LogP contribution in [0.1, 0.15) is 10.5 Å². The first-order chi connectivity index (χ1) is 9.74. The molecule has 2 aromatic heterocycles. The van der Waals surface area contributed by atoms with Crippen LogP contribution in [0.4, 0.5) is 5.69 Å². The summed E-state index contributed by atoms with van der Waals surface area (Å²) in [6.45, 7) is 0. The summed E-state index contributed by atoms with van der Waals surface area (Å²) in [6.07, 6.45) is 5.06. The van der Waals surface area contributed by atoms with Crippen molar-refractivity contribution in [1.82, 2.24) is 24.8 Å². The molecule has 0 fully saturated rings. The van der Waals surface area contributed by atoms with Crippen LogP contribution in [0.15, 0.2) is 48.9 Å². The van der Waals surface area contributed by atoms with Crippen molar-refractivity contribution < 1.29 is 4.79 Å². The highest BCUT2D eigenvalue weighted by Gasteiger charge is 2.12. The number of benzene rings is 1. The first-order valence-corrected chi connectivity index (χ1v) is 6.01. The molecule has 100 valence electrons. The monoisotopic (exact) mass is 268 g/mol. The highest BCUT2D eigenvalue weighted by molar-refractivity contribution is 6.03. The fourth-order valence-electron chi connectivity index (χ4n) is 1.83. The van der Waals surface area contributed by atoms with E-state index in [1.165, 1.54) is 4.68 Å². The number of hydrogen-bond donors (Lipinski definition) is 1. The Bertz CT molecular complexity index is 731. The van der Waals surface area contributed by atoms with Gasteiger partial charge in [0.05, 0.1) is 17.6 Å². The Morgan fingerprint density at radius 2 is 2.10 bits per heavy atom. The molecule has 2 heterocycles. The van der Waals surface area contributed by atoms with Gasteiger partial charge in [0.2, 0.25) is 0 Å². The van der Waals surface area contributed by atoms with Crippen molar-refractivity contribution in [3.8, 4) is 5.69 Å². The lowest BCUT2D eigenvalue weighted by atomic mass is 10.2. The molecule has 0 aliphatic carbocycles. The number of nitrogens with zero attached hydrogens (tertiary/aromatic N) is 5. The van der Waals surface area contributed by atoms with Gasteiger partial charge in [-0.15, -0.1) is 5.10 Å². The molecule has 0 saturated heterocycles. The maximum absolute atomic E-state index is 12.1. The standard InChI is InChI=1S/C13H12N6O/c1-18-9-11(16-17-18)13(20)15-10-5-2-3-6-12(10)19-8-4-7-14-19/h2-9H,1H3,(H,15,20). The summed E-state index contributed by atoms with van der Waals surface area (Å²) in [4.78, 5) is 12.1. The van der Waals surface area contributed by atoms with E-state index in [-0.39, 0.29) is 11.6 Å². The van der Waals surface area contributed by atoms with Crippen molar-refractivity contribution >= 4 is 11.6 Å². The fourth-order valence-corrected chi connectivity index (χ4v) is 1.83. The first kappa shape index (κ1) is 12.1. The molecule has 0 unspecified atom stereocenters. The number of anilines is 1. The van der Waals surface area contributed by atoms with Crippen molar-refractivity contribution in [1.29, 1.82) is 0 Å². The van der Waals surface area contributed by atoms with Gasteiger partial charge in [-0.1, -0.05) is 17.3 Å². The molecule has 0 bridgehead atoms. The Hall–Kier alpha value is -2.96. The molecular weight excluding hydrogens is 256 g/mol. The van der Waals surface area contributed by atoms with Crippen LogP contribution >= 0.6 is 0 Å². The van der Waals surface area contributed by atoms with Gasteiger partial charge in [-0.05, 0) is 18.2 Å². The van der Waals surface area contributed by atoms with Gasteiger partial charge in [-0.3, -0.25) is 9.48 Å². The molecule has 3 aromatic rings. The van der Waals surface area contributed by atoms with E-state index in [0.29, 0.717) is 5.69 Å². The number of aromatic nitrogens is 5. The lowest BCUT2D eigenvalue weighted by molar-refractivity contribution is 0.102. The van der Waals surface area contributed by atoms with Crippen LogP contribution in [0.3, 0.4) is 0 Å². The summed E-state index contributed by atoms with van der Waals surface area (Å²) in [5.74, 6) is -0.308. The van der Waals surface area contributed by atoms with E-state index in [0.717, 1.165) is 5.69 Å². The molecule has 0 radical (unpaired) electrons. The van der Waals surface area contributed by atoms with Crippen molar-refractivity contribution in [2.24, 2.45) is 7.05 Å². The van der Waals surface area contributed by atoms with Gasteiger partial charge in [0.25, 0.3) is 5.91 Å². The fraction of sp³-hybridized carbons (Fsp3) is 0.0769. The van der Waals surface area contributed by atoms with E-state index in [1.807, 2.05) is 36.5 Å². The van der Waals surface area contributed by atoms with E-state index in [9.17, 15) is 4.79 Å². The van der Waals surface area contributed by atoms with Crippen LogP contribution in [0, 0.1) is 0 Å². The average molecular weight is 268 g/mol. The lowest BCUT2D eigenvalue weighted by Gasteiger charge is -2.09. The quantitative estimate of drug-likeness (QED) is 0.775. The molecule has 0 spiro atoms. The number of hydrogen-bond acceptors (Lipinski definition) is 4. The number of aryl methyl sites for hydroxylation is 1. The molecule has 1 amide bonds. The van der Waals surface area contributed by atoms with Crippen molar-refractivity contribution in [2.75, 3.05) is 5.32 Å². The predicted octanol–water partition coefficient (Wildman–Crippen LogP) is 1.25. The summed E-state index contributed by atoms with van der Waals surface area (Å²) in [6, 6.07) is 9.24. The largest absolute Gasteiger partial charge is 0.319 e. The lowest BCUT2D eigenvalue weighted by Crippen LogP contribution is -2.14. The van der Waals surface area contributed by atoms with Crippen LogP contribution in [0.2, 0.25) is 0 Å². The second-order valence-corrected chi connectivity index (χ2v) is 4.20. The highest BCUT2D eigenvalue weighted by atomic mass is 16.2. The molecular formula is C13H12N6O. The van der Waals surface area contributed by atoms with E-state index in [4.69, 9.17) is 0 Å². The average Bonchev–Trinajstić information content (AvgIpc) is 3.10. The van der Waals surface area contributed by atoms with Crippen LogP contribution in [0.5, 0.6) is 0 Å². The zero-order valence-electron chi connectivity index (χ0n) is 10.8. The van der Waals surface area contributed by atoms with Gasteiger partial charge in [-0.25, -0.2) is 4.68 Å². The van der Waals surface area contributed by atoms with Crippen LogP contribution in [-0.4, -0.2) is 30.7 Å². The molecule has 0 atom stereocenters. The number of carbonyl (C=O) groups excluding carboxylic acids is 1. The number of nitrogens with one attached hydrogen (secondary N) is 1. The third kappa shape index (κ3) is 2.28. The molecule has 7 nitrogen and oxygen atoms in total. The Balaban J connectivity index is 1.90. The molecule has 0 aliphatic heterocycles. The molecule has 0 saturated carbocycles. The van der Waals surface area contributed by atoms with Gasteiger partial charge < -0.3 is 5.32 Å². The van der Waals surface area contributed by atoms with Crippen molar-refractivity contribution in [2.45, 2.75) is 0 Å². The minimum absolute atomic E-state index is 0.266. The second kappa shape index (κ2) is 4.96. The van der Waals surface area contributed by atoms with E-state index < -0.39 is 0 Å². The van der Waals surface area contributed by atoms with Crippen LogP contribution in [0.25, 0.3) is 5.69 Å². The van der Waals surface area contributed by atoms with Gasteiger partial charge >= 0.3 is 0 Å². The maximum atomic E-state index is 12.1. The second-order valence-electron chi connectivity index (χ2n) is 4.20. The molecule has 1 N–H and O–H groups in total.